The number of pyridine rings is 1. The van der Waals surface area contributed by atoms with Crippen molar-refractivity contribution < 1.29 is 19.4 Å². The minimum atomic E-state index is -0.741. The van der Waals surface area contributed by atoms with E-state index in [2.05, 4.69) is 21.2 Å². The minimum absolute atomic E-state index is 0.0251. The molecule has 2 aliphatic rings. The van der Waals surface area contributed by atoms with Crippen molar-refractivity contribution in [3.63, 3.8) is 0 Å². The van der Waals surface area contributed by atoms with Crippen molar-refractivity contribution in [2.75, 3.05) is 6.54 Å². The van der Waals surface area contributed by atoms with Crippen LogP contribution in [0.25, 0.3) is 0 Å². The molecule has 1 aromatic heterocycles. The summed E-state index contributed by atoms with van der Waals surface area (Å²) in [4.78, 5) is 28.2. The van der Waals surface area contributed by atoms with Gasteiger partial charge in [-0.2, -0.15) is 0 Å². The number of carbonyl (C=O) groups excluding carboxylic acids is 1. The third-order valence-corrected chi connectivity index (χ3v) is 5.96. The number of nitrogens with one attached hydrogen (secondary N) is 3. The van der Waals surface area contributed by atoms with Gasteiger partial charge in [0.25, 0.3) is 5.91 Å². The van der Waals surface area contributed by atoms with E-state index in [0.717, 1.165) is 24.2 Å². The summed E-state index contributed by atoms with van der Waals surface area (Å²) in [5.41, 5.74) is 8.74. The van der Waals surface area contributed by atoms with E-state index in [-0.39, 0.29) is 23.9 Å². The fraction of sp³-hybridized carbons (Fsp3) is 0.435. The molecule has 1 unspecified atom stereocenters. The van der Waals surface area contributed by atoms with Gasteiger partial charge in [-0.15, -0.1) is 0 Å². The largest absolute Gasteiger partial charge is 0.487 e. The molecule has 1 aromatic carbocycles. The van der Waals surface area contributed by atoms with Crippen LogP contribution in [0.2, 0.25) is 0 Å². The van der Waals surface area contributed by atoms with Crippen LogP contribution in [-0.4, -0.2) is 34.6 Å². The summed E-state index contributed by atoms with van der Waals surface area (Å²) in [6.45, 7) is 1.27. The Kier molecular flexibility index (Phi) is 6.79. The second-order valence-electron chi connectivity index (χ2n) is 8.18. The molecule has 1 saturated heterocycles. The van der Waals surface area contributed by atoms with Gasteiger partial charge in [0.15, 0.2) is 0 Å². The van der Waals surface area contributed by atoms with Gasteiger partial charge in [0.05, 0.1) is 23.9 Å². The standard InChI is InChI=1S/C23H28N4O4/c28-22(26-18-6-4-16(5-7-18)23(29)30)17-3-1-2-15(12-17)14-31-19-8-9-20(24-13-19)21-10-11-25-27-21/h1-3,8-9,12-13,16,18,21,25,27H,4-7,10-11,14H2,(H,26,28)(H,29,30). The maximum absolute atomic E-state index is 12.6. The average molecular weight is 425 g/mol. The Morgan fingerprint density at radius 2 is 1.97 bits per heavy atom. The first-order valence-corrected chi connectivity index (χ1v) is 10.8. The van der Waals surface area contributed by atoms with Gasteiger partial charge in [0.1, 0.15) is 12.4 Å². The maximum Gasteiger partial charge on any atom is 0.306 e. The highest BCUT2D eigenvalue weighted by atomic mass is 16.5. The van der Waals surface area contributed by atoms with Crippen LogP contribution >= 0.6 is 0 Å². The molecule has 164 valence electrons. The third-order valence-electron chi connectivity index (χ3n) is 5.96. The predicted octanol–water partition coefficient (Wildman–Crippen LogP) is 2.57. The lowest BCUT2D eigenvalue weighted by Gasteiger charge is -2.26. The summed E-state index contributed by atoms with van der Waals surface area (Å²) in [5, 5.41) is 12.1. The molecule has 2 aromatic rings. The number of carbonyl (C=O) groups is 2. The average Bonchev–Trinajstić information content (AvgIpc) is 3.34. The van der Waals surface area contributed by atoms with Crippen LogP contribution in [0.5, 0.6) is 5.75 Å². The van der Waals surface area contributed by atoms with Crippen LogP contribution in [0.1, 0.15) is 59.8 Å². The second-order valence-corrected chi connectivity index (χ2v) is 8.18. The number of benzene rings is 1. The molecule has 1 aliphatic heterocycles. The molecule has 1 saturated carbocycles. The van der Waals surface area contributed by atoms with Crippen molar-refractivity contribution in [3.8, 4) is 5.75 Å². The topological polar surface area (TPSA) is 113 Å². The van der Waals surface area contributed by atoms with Gasteiger partial charge in [-0.05, 0) is 61.9 Å². The molecule has 1 aliphatic carbocycles. The molecule has 1 atom stereocenters. The van der Waals surface area contributed by atoms with Crippen molar-refractivity contribution in [1.82, 2.24) is 21.2 Å². The van der Waals surface area contributed by atoms with Crippen LogP contribution < -0.4 is 20.9 Å². The molecule has 8 nitrogen and oxygen atoms in total. The van der Waals surface area contributed by atoms with Crippen molar-refractivity contribution in [1.29, 1.82) is 0 Å². The van der Waals surface area contributed by atoms with Crippen LogP contribution in [0.15, 0.2) is 42.6 Å². The number of aliphatic carboxylic acids is 1. The fourth-order valence-corrected chi connectivity index (χ4v) is 4.11. The molecule has 4 rings (SSSR count). The lowest BCUT2D eigenvalue weighted by molar-refractivity contribution is -0.142. The second kappa shape index (κ2) is 9.89. The summed E-state index contributed by atoms with van der Waals surface area (Å²) < 4.78 is 5.84. The van der Waals surface area contributed by atoms with Crippen LogP contribution in [0.3, 0.4) is 0 Å². The lowest BCUT2D eigenvalue weighted by atomic mass is 9.86. The van der Waals surface area contributed by atoms with E-state index >= 15 is 0 Å². The lowest BCUT2D eigenvalue weighted by Crippen LogP contribution is -2.38. The van der Waals surface area contributed by atoms with Crippen molar-refractivity contribution >= 4 is 11.9 Å². The first-order valence-electron chi connectivity index (χ1n) is 10.8. The molecule has 0 bridgehead atoms. The van der Waals surface area contributed by atoms with E-state index in [9.17, 15) is 9.59 Å². The fourth-order valence-electron chi connectivity index (χ4n) is 4.11. The number of hydrogen-bond donors (Lipinski definition) is 4. The Hall–Kier alpha value is -2.97. The summed E-state index contributed by atoms with van der Waals surface area (Å²) in [5.74, 6) is -0.484. The van der Waals surface area contributed by atoms with E-state index in [1.807, 2.05) is 30.3 Å². The van der Waals surface area contributed by atoms with Crippen LogP contribution in [0, 0.1) is 5.92 Å². The van der Waals surface area contributed by atoms with E-state index in [1.54, 1.807) is 12.3 Å². The summed E-state index contributed by atoms with van der Waals surface area (Å²) >= 11 is 0. The van der Waals surface area contributed by atoms with Crippen molar-refractivity contribution in [2.24, 2.45) is 5.92 Å². The molecule has 8 heteroatoms. The summed E-state index contributed by atoms with van der Waals surface area (Å²) in [6, 6.07) is 11.5. The van der Waals surface area contributed by atoms with Gasteiger partial charge in [0.2, 0.25) is 0 Å². The van der Waals surface area contributed by atoms with Gasteiger partial charge in [0, 0.05) is 18.2 Å². The zero-order valence-electron chi connectivity index (χ0n) is 17.3. The minimum Gasteiger partial charge on any atom is -0.487 e. The number of carboxylic acids is 1. The highest BCUT2D eigenvalue weighted by Gasteiger charge is 2.27. The van der Waals surface area contributed by atoms with E-state index < -0.39 is 5.97 Å². The number of ether oxygens (including phenoxy) is 1. The first-order chi connectivity index (χ1) is 15.1. The number of hydrogen-bond acceptors (Lipinski definition) is 6. The Labute approximate surface area is 181 Å². The predicted molar refractivity (Wildman–Crippen MR) is 114 cm³/mol. The van der Waals surface area contributed by atoms with Gasteiger partial charge >= 0.3 is 5.97 Å². The quantitative estimate of drug-likeness (QED) is 0.540. The normalized spacial score (nSPS) is 23.3. The third kappa shape index (κ3) is 5.59. The van der Waals surface area contributed by atoms with E-state index in [4.69, 9.17) is 9.84 Å². The van der Waals surface area contributed by atoms with Gasteiger partial charge in [-0.1, -0.05) is 12.1 Å². The first kappa shape index (κ1) is 21.3. The maximum atomic E-state index is 12.6. The zero-order chi connectivity index (χ0) is 21.6. The summed E-state index contributed by atoms with van der Waals surface area (Å²) in [6.07, 6.45) is 5.33. The van der Waals surface area contributed by atoms with Crippen molar-refractivity contribution in [2.45, 2.75) is 50.8 Å². The highest BCUT2D eigenvalue weighted by Crippen LogP contribution is 2.25. The highest BCUT2D eigenvalue weighted by molar-refractivity contribution is 5.94. The van der Waals surface area contributed by atoms with E-state index in [0.29, 0.717) is 43.6 Å². The smallest absolute Gasteiger partial charge is 0.306 e. The van der Waals surface area contributed by atoms with Gasteiger partial charge < -0.3 is 15.2 Å². The number of hydrazine groups is 1. The van der Waals surface area contributed by atoms with Crippen LogP contribution in [-0.2, 0) is 11.4 Å². The van der Waals surface area contributed by atoms with Gasteiger partial charge in [-0.25, -0.2) is 5.43 Å². The Morgan fingerprint density at radius 3 is 2.65 bits per heavy atom. The molecular formula is C23H28N4O4. The number of nitrogens with zero attached hydrogens (tertiary/aromatic N) is 1. The molecule has 2 heterocycles. The molecule has 0 spiro atoms. The van der Waals surface area contributed by atoms with Crippen LogP contribution in [0.4, 0.5) is 0 Å². The molecule has 2 fully saturated rings. The zero-order valence-corrected chi connectivity index (χ0v) is 17.3. The Balaban J connectivity index is 1.29. The molecular weight excluding hydrogens is 396 g/mol. The number of amides is 1. The number of aromatic nitrogens is 1. The Bertz CT molecular complexity index is 904. The SMILES string of the molecule is O=C(NC1CCC(C(=O)O)CC1)c1cccc(COc2ccc(C3CCNN3)nc2)c1. The molecule has 31 heavy (non-hydrogen) atoms. The molecule has 4 N–H and O–H groups in total. The van der Waals surface area contributed by atoms with Crippen molar-refractivity contribution in [3.05, 3.63) is 59.4 Å². The monoisotopic (exact) mass is 424 g/mol. The molecule has 1 amide bonds. The summed E-state index contributed by atoms with van der Waals surface area (Å²) in [7, 11) is 0. The van der Waals surface area contributed by atoms with Gasteiger partial charge in [-0.3, -0.25) is 20.0 Å². The number of carboxylic acid groups (broad SMARTS) is 1. The Morgan fingerprint density at radius 1 is 1.13 bits per heavy atom. The molecule has 0 radical (unpaired) electrons. The van der Waals surface area contributed by atoms with E-state index in [1.165, 1.54) is 0 Å². The number of rotatable bonds is 7.